The second-order valence-corrected chi connectivity index (χ2v) is 5.76. The van der Waals surface area contributed by atoms with Gasteiger partial charge in [0.1, 0.15) is 0 Å². The molecule has 1 aliphatic heterocycles. The zero-order chi connectivity index (χ0) is 14.1. The number of benzene rings is 2. The molecule has 0 atom stereocenters. The molecule has 3 nitrogen and oxygen atoms in total. The summed E-state index contributed by atoms with van der Waals surface area (Å²) in [4.78, 5) is 4.67. The van der Waals surface area contributed by atoms with Gasteiger partial charge in [-0.25, -0.2) is 9.66 Å². The molecule has 0 fully saturated rings. The average Bonchev–Trinajstić information content (AvgIpc) is 2.99. The van der Waals surface area contributed by atoms with Crippen LogP contribution >= 0.6 is 11.8 Å². The number of hydrogen-bond donors (Lipinski definition) is 0. The summed E-state index contributed by atoms with van der Waals surface area (Å²) in [6.45, 7) is 0. The zero-order valence-electron chi connectivity index (χ0n) is 11.3. The van der Waals surface area contributed by atoms with Gasteiger partial charge in [0.05, 0.1) is 17.6 Å². The smallest absolute Gasteiger partial charge is 0.189 e. The van der Waals surface area contributed by atoms with Crippen LogP contribution in [0.1, 0.15) is 5.56 Å². The van der Waals surface area contributed by atoms with Gasteiger partial charge in [-0.2, -0.15) is 5.10 Å². The Bertz CT molecular complexity index is 791. The second-order valence-electron chi connectivity index (χ2n) is 4.82. The van der Waals surface area contributed by atoms with E-state index in [1.54, 1.807) is 11.8 Å². The van der Waals surface area contributed by atoms with Crippen molar-refractivity contribution in [2.24, 2.45) is 5.10 Å². The number of thioether (sulfide) groups is 1. The number of aromatic nitrogens is 2. The molecule has 0 saturated carbocycles. The summed E-state index contributed by atoms with van der Waals surface area (Å²) in [7, 11) is 0. The van der Waals surface area contributed by atoms with Gasteiger partial charge in [0, 0.05) is 11.3 Å². The van der Waals surface area contributed by atoms with Gasteiger partial charge in [-0.3, -0.25) is 0 Å². The van der Waals surface area contributed by atoms with Gasteiger partial charge in [-0.15, -0.1) is 0 Å². The molecule has 0 amide bonds. The Kier molecular flexibility index (Phi) is 3.09. The monoisotopic (exact) mass is 291 g/mol. The number of imidazole rings is 1. The van der Waals surface area contributed by atoms with Gasteiger partial charge in [0.2, 0.25) is 0 Å². The highest BCUT2D eigenvalue weighted by Crippen LogP contribution is 2.28. The average molecular weight is 291 g/mol. The molecular formula is C17H13N3S. The first kappa shape index (κ1) is 12.4. The first-order chi connectivity index (χ1) is 10.4. The van der Waals surface area contributed by atoms with Crippen LogP contribution in [-0.2, 0) is 0 Å². The lowest BCUT2D eigenvalue weighted by atomic mass is 10.1. The third kappa shape index (κ3) is 2.38. The van der Waals surface area contributed by atoms with Gasteiger partial charge in [-0.05, 0) is 5.56 Å². The van der Waals surface area contributed by atoms with E-state index in [4.69, 9.17) is 5.10 Å². The van der Waals surface area contributed by atoms with E-state index in [0.717, 1.165) is 27.9 Å². The highest BCUT2D eigenvalue weighted by atomic mass is 32.2. The largest absolute Gasteiger partial charge is 0.221 e. The van der Waals surface area contributed by atoms with Gasteiger partial charge in [-0.1, -0.05) is 72.4 Å². The van der Waals surface area contributed by atoms with E-state index in [0.29, 0.717) is 0 Å². The highest BCUT2D eigenvalue weighted by molar-refractivity contribution is 7.99. The minimum absolute atomic E-state index is 0.856. The summed E-state index contributed by atoms with van der Waals surface area (Å²) in [6, 6.07) is 20.5. The highest BCUT2D eigenvalue weighted by Gasteiger charge is 2.17. The molecule has 3 aromatic rings. The lowest BCUT2D eigenvalue weighted by Crippen LogP contribution is -2.12. The summed E-state index contributed by atoms with van der Waals surface area (Å²) in [6.07, 6.45) is 2.00. The summed E-state index contributed by atoms with van der Waals surface area (Å²) < 4.78 is 1.89. The molecule has 0 aliphatic carbocycles. The maximum Gasteiger partial charge on any atom is 0.189 e. The molecule has 2 heterocycles. The standard InChI is InChI=1S/C17H13N3S/c1-3-7-13(8-4-1)15-11-20-17(18-15)21-12-16(19-20)14-9-5-2-6-10-14/h1-11H,12H2. The molecule has 4 rings (SSSR count). The Morgan fingerprint density at radius 3 is 2.24 bits per heavy atom. The molecule has 0 N–H and O–H groups in total. The lowest BCUT2D eigenvalue weighted by Gasteiger charge is -2.12. The Labute approximate surface area is 127 Å². The second kappa shape index (κ2) is 5.22. The van der Waals surface area contributed by atoms with Crippen molar-refractivity contribution in [1.29, 1.82) is 0 Å². The fraction of sp³-hybridized carbons (Fsp3) is 0.0588. The third-order valence-corrected chi connectivity index (χ3v) is 4.35. The van der Waals surface area contributed by atoms with Crippen LogP contribution in [-0.4, -0.2) is 21.1 Å². The molecule has 0 bridgehead atoms. The first-order valence-corrected chi connectivity index (χ1v) is 7.79. The van der Waals surface area contributed by atoms with Crippen molar-refractivity contribution < 1.29 is 0 Å². The van der Waals surface area contributed by atoms with Crippen LogP contribution in [0.15, 0.2) is 77.1 Å². The van der Waals surface area contributed by atoms with Crippen molar-refractivity contribution in [3.63, 3.8) is 0 Å². The van der Waals surface area contributed by atoms with Crippen LogP contribution in [0.4, 0.5) is 0 Å². The molecule has 1 aliphatic rings. The molecule has 1 aromatic heterocycles. The van der Waals surface area contributed by atoms with Gasteiger partial charge < -0.3 is 0 Å². The molecular weight excluding hydrogens is 278 g/mol. The SMILES string of the molecule is c1ccc(C2=Nn3cc(-c4ccccc4)nc3SC2)cc1. The molecule has 0 radical (unpaired) electrons. The summed E-state index contributed by atoms with van der Waals surface area (Å²) in [5.74, 6) is 0.856. The van der Waals surface area contributed by atoms with Crippen molar-refractivity contribution in [3.8, 4) is 11.3 Å². The molecule has 102 valence electrons. The van der Waals surface area contributed by atoms with E-state index in [1.807, 2.05) is 47.3 Å². The van der Waals surface area contributed by atoms with E-state index in [1.165, 1.54) is 5.56 Å². The molecule has 21 heavy (non-hydrogen) atoms. The van der Waals surface area contributed by atoms with Gasteiger partial charge in [0.15, 0.2) is 5.16 Å². The molecule has 4 heteroatoms. The normalized spacial score (nSPS) is 13.6. The minimum Gasteiger partial charge on any atom is -0.221 e. The summed E-state index contributed by atoms with van der Waals surface area (Å²) in [5.41, 5.74) is 4.35. The van der Waals surface area contributed by atoms with Crippen LogP contribution in [0.25, 0.3) is 11.3 Å². The van der Waals surface area contributed by atoms with Gasteiger partial charge in [0.25, 0.3) is 0 Å². The van der Waals surface area contributed by atoms with Crippen molar-refractivity contribution in [2.75, 3.05) is 5.75 Å². The van der Waals surface area contributed by atoms with E-state index in [2.05, 4.69) is 29.2 Å². The Morgan fingerprint density at radius 2 is 1.52 bits per heavy atom. The van der Waals surface area contributed by atoms with E-state index in [9.17, 15) is 0 Å². The predicted molar refractivity (Wildman–Crippen MR) is 86.8 cm³/mol. The fourth-order valence-corrected chi connectivity index (χ4v) is 3.21. The topological polar surface area (TPSA) is 30.2 Å². The molecule has 0 spiro atoms. The zero-order valence-corrected chi connectivity index (χ0v) is 12.1. The van der Waals surface area contributed by atoms with Gasteiger partial charge >= 0.3 is 0 Å². The molecule has 0 unspecified atom stereocenters. The van der Waals surface area contributed by atoms with E-state index in [-0.39, 0.29) is 0 Å². The minimum atomic E-state index is 0.856. The van der Waals surface area contributed by atoms with Crippen molar-refractivity contribution in [1.82, 2.24) is 9.66 Å². The maximum atomic E-state index is 4.71. The number of rotatable bonds is 2. The summed E-state index contributed by atoms with van der Waals surface area (Å²) >= 11 is 1.73. The summed E-state index contributed by atoms with van der Waals surface area (Å²) in [5, 5.41) is 5.66. The van der Waals surface area contributed by atoms with Crippen LogP contribution in [0.2, 0.25) is 0 Å². The third-order valence-electron chi connectivity index (χ3n) is 3.40. The van der Waals surface area contributed by atoms with Crippen LogP contribution in [0, 0.1) is 0 Å². The Balaban J connectivity index is 1.73. The fourth-order valence-electron chi connectivity index (χ4n) is 2.34. The van der Waals surface area contributed by atoms with E-state index < -0.39 is 0 Å². The van der Waals surface area contributed by atoms with Crippen molar-refractivity contribution >= 4 is 17.5 Å². The quantitative estimate of drug-likeness (QED) is 0.716. The first-order valence-electron chi connectivity index (χ1n) is 6.81. The number of hydrogen-bond acceptors (Lipinski definition) is 3. The number of nitrogens with zero attached hydrogens (tertiary/aromatic N) is 3. The van der Waals surface area contributed by atoms with Crippen LogP contribution < -0.4 is 0 Å². The molecule has 2 aromatic carbocycles. The van der Waals surface area contributed by atoms with Crippen LogP contribution in [0.3, 0.4) is 0 Å². The predicted octanol–water partition coefficient (Wildman–Crippen LogP) is 3.91. The maximum absolute atomic E-state index is 4.71. The Hall–Kier alpha value is -2.33. The lowest BCUT2D eigenvalue weighted by molar-refractivity contribution is 0.757. The Morgan fingerprint density at radius 1 is 0.857 bits per heavy atom. The van der Waals surface area contributed by atoms with E-state index >= 15 is 0 Å². The van der Waals surface area contributed by atoms with Crippen molar-refractivity contribution in [2.45, 2.75) is 5.16 Å². The number of fused-ring (bicyclic) bond motifs is 1. The van der Waals surface area contributed by atoms with Crippen molar-refractivity contribution in [3.05, 3.63) is 72.4 Å². The molecule has 0 saturated heterocycles. The van der Waals surface area contributed by atoms with Crippen LogP contribution in [0.5, 0.6) is 0 Å².